The Bertz CT molecular complexity index is 880. The number of rotatable bonds is 7. The minimum Gasteiger partial charge on any atom is -0.366 e. The number of nitrogens with zero attached hydrogens (tertiary/aromatic N) is 2. The Kier molecular flexibility index (Phi) is 7.90. The largest absolute Gasteiger partial charge is 0.405 e. The standard InChI is InChI=1S/C29H50F3N7O/c1-38-14-22(29(30,31)32)36-27(38)18-5-3-16(4-6-18)11-19-13-39(20-9-10-20)21-12-33-26(37-24(19)21)23-25(17-7-8-17)34-15-35-28(23)40-2/h16-28,33-37H,3-15H2,1-2H3. The normalized spacial score (nSPS) is 47.5. The maximum Gasteiger partial charge on any atom is 0.405 e. The zero-order chi connectivity index (χ0) is 27.6. The molecule has 5 N–H and O–H groups in total. The molecule has 8 nitrogen and oxygen atoms in total. The van der Waals surface area contributed by atoms with Crippen molar-refractivity contribution in [2.24, 2.45) is 29.6 Å². The highest BCUT2D eigenvalue weighted by Gasteiger charge is 2.54. The lowest BCUT2D eigenvalue weighted by Crippen LogP contribution is -2.72. The van der Waals surface area contributed by atoms with Gasteiger partial charge in [-0.05, 0) is 75.7 Å². The lowest BCUT2D eigenvalue weighted by atomic mass is 9.75. The fourth-order valence-corrected chi connectivity index (χ4v) is 9.29. The molecule has 4 heterocycles. The van der Waals surface area contributed by atoms with Gasteiger partial charge in [0, 0.05) is 63.5 Å². The number of ether oxygens (including phenoxy) is 1. The SMILES string of the molecule is COC1NCNC(C2CC2)C1C1NCC2C(N1)C(CC1CCC(C3NC(C(F)(F)F)CN3C)CC1)CN2C1CC1. The molecule has 7 fully saturated rings. The molecular formula is C29H50F3N7O. The van der Waals surface area contributed by atoms with Crippen molar-refractivity contribution in [3.63, 3.8) is 0 Å². The Hall–Kier alpha value is -0.530. The van der Waals surface area contributed by atoms with E-state index in [1.165, 1.54) is 38.6 Å². The molecule has 3 aliphatic carbocycles. The molecule has 9 atom stereocenters. The van der Waals surface area contributed by atoms with Gasteiger partial charge in [0.2, 0.25) is 0 Å². The Labute approximate surface area is 237 Å². The highest BCUT2D eigenvalue weighted by Crippen LogP contribution is 2.44. The highest BCUT2D eigenvalue weighted by molar-refractivity contribution is 5.10. The van der Waals surface area contributed by atoms with E-state index in [2.05, 4.69) is 31.5 Å². The van der Waals surface area contributed by atoms with E-state index >= 15 is 0 Å². The van der Waals surface area contributed by atoms with E-state index in [0.29, 0.717) is 41.8 Å². The summed E-state index contributed by atoms with van der Waals surface area (Å²) < 4.78 is 45.9. The molecule has 0 bridgehead atoms. The monoisotopic (exact) mass is 569 g/mol. The zero-order valence-corrected chi connectivity index (χ0v) is 24.1. The van der Waals surface area contributed by atoms with Crippen molar-refractivity contribution in [3.05, 3.63) is 0 Å². The molecule has 0 spiro atoms. The fraction of sp³-hybridized carbons (Fsp3) is 1.00. The van der Waals surface area contributed by atoms with Gasteiger partial charge in [0.05, 0.1) is 12.3 Å². The van der Waals surface area contributed by atoms with Crippen LogP contribution in [0.3, 0.4) is 0 Å². The number of hydrogen-bond donors (Lipinski definition) is 5. The third-order valence-electron chi connectivity index (χ3n) is 11.6. The molecule has 40 heavy (non-hydrogen) atoms. The number of nitrogens with one attached hydrogen (secondary N) is 5. The number of likely N-dealkylation sites (N-methyl/N-ethyl adjacent to an activating group) is 1. The molecule has 0 aromatic heterocycles. The van der Waals surface area contributed by atoms with Crippen LogP contribution in [0.5, 0.6) is 0 Å². The quantitative estimate of drug-likeness (QED) is 0.318. The molecule has 9 unspecified atom stereocenters. The van der Waals surface area contributed by atoms with E-state index in [1.807, 2.05) is 19.1 Å². The molecule has 4 saturated heterocycles. The first-order chi connectivity index (χ1) is 19.3. The lowest BCUT2D eigenvalue weighted by molar-refractivity contribution is -0.150. The molecule has 228 valence electrons. The van der Waals surface area contributed by atoms with E-state index in [9.17, 15) is 13.2 Å². The number of methoxy groups -OCH3 is 1. The minimum absolute atomic E-state index is 0.0438. The lowest BCUT2D eigenvalue weighted by Gasteiger charge is -2.48. The Morgan fingerprint density at radius 2 is 1.60 bits per heavy atom. The summed E-state index contributed by atoms with van der Waals surface area (Å²) in [4.78, 5) is 4.70. The molecule has 0 radical (unpaired) electrons. The molecule has 4 aliphatic heterocycles. The van der Waals surface area contributed by atoms with Crippen LogP contribution in [-0.4, -0.2) is 105 Å². The third-order valence-corrected chi connectivity index (χ3v) is 11.6. The van der Waals surface area contributed by atoms with Crippen LogP contribution in [0.25, 0.3) is 0 Å². The second kappa shape index (κ2) is 11.2. The van der Waals surface area contributed by atoms with Crippen LogP contribution in [0.2, 0.25) is 0 Å². The predicted molar refractivity (Wildman–Crippen MR) is 147 cm³/mol. The van der Waals surface area contributed by atoms with Crippen molar-refractivity contribution in [3.8, 4) is 0 Å². The van der Waals surface area contributed by atoms with Crippen molar-refractivity contribution < 1.29 is 17.9 Å². The summed E-state index contributed by atoms with van der Waals surface area (Å²) in [5.41, 5.74) is 0. The predicted octanol–water partition coefficient (Wildman–Crippen LogP) is 1.84. The molecule has 0 amide bonds. The van der Waals surface area contributed by atoms with Gasteiger partial charge in [-0.25, -0.2) is 0 Å². The smallest absolute Gasteiger partial charge is 0.366 e. The Morgan fingerprint density at radius 3 is 2.25 bits per heavy atom. The van der Waals surface area contributed by atoms with E-state index < -0.39 is 12.2 Å². The molecular weight excluding hydrogens is 519 g/mol. The van der Waals surface area contributed by atoms with Crippen molar-refractivity contribution in [2.75, 3.05) is 40.5 Å². The van der Waals surface area contributed by atoms with Gasteiger partial charge in [0.15, 0.2) is 0 Å². The van der Waals surface area contributed by atoms with Gasteiger partial charge in [-0.3, -0.25) is 31.1 Å². The summed E-state index contributed by atoms with van der Waals surface area (Å²) in [5.74, 6) is 2.71. The van der Waals surface area contributed by atoms with Crippen molar-refractivity contribution in [2.45, 2.75) is 113 Å². The fourth-order valence-electron chi connectivity index (χ4n) is 9.29. The topological polar surface area (TPSA) is 75.9 Å². The second-order valence-corrected chi connectivity index (χ2v) is 14.2. The maximum atomic E-state index is 13.3. The van der Waals surface area contributed by atoms with Crippen LogP contribution in [-0.2, 0) is 4.74 Å². The van der Waals surface area contributed by atoms with Crippen LogP contribution < -0.4 is 26.6 Å². The number of hydrogen-bond acceptors (Lipinski definition) is 8. The first kappa shape index (κ1) is 28.3. The second-order valence-electron chi connectivity index (χ2n) is 14.2. The summed E-state index contributed by atoms with van der Waals surface area (Å²) in [5, 5.41) is 18.3. The number of likely N-dealkylation sites (tertiary alicyclic amines) is 1. The summed E-state index contributed by atoms with van der Waals surface area (Å²) in [6, 6.07) is 0.865. The van der Waals surface area contributed by atoms with Crippen LogP contribution in [0.4, 0.5) is 13.2 Å². The summed E-state index contributed by atoms with van der Waals surface area (Å²) in [6.07, 6.45) is 6.80. The summed E-state index contributed by atoms with van der Waals surface area (Å²) in [7, 11) is 3.68. The average Bonchev–Trinajstić information content (AvgIpc) is 3.88. The first-order valence-electron chi connectivity index (χ1n) is 16.1. The Balaban J connectivity index is 0.990. The average molecular weight is 570 g/mol. The zero-order valence-electron chi connectivity index (χ0n) is 24.1. The summed E-state index contributed by atoms with van der Waals surface area (Å²) in [6.45, 7) is 3.09. The van der Waals surface area contributed by atoms with Gasteiger partial charge >= 0.3 is 6.18 Å². The van der Waals surface area contributed by atoms with Crippen molar-refractivity contribution >= 4 is 0 Å². The Morgan fingerprint density at radius 1 is 0.850 bits per heavy atom. The van der Waals surface area contributed by atoms with Crippen LogP contribution in [0, 0.1) is 29.6 Å². The number of alkyl halides is 3. The van der Waals surface area contributed by atoms with Gasteiger partial charge in [0.1, 0.15) is 12.3 Å². The van der Waals surface area contributed by atoms with Crippen LogP contribution in [0.1, 0.15) is 57.8 Å². The van der Waals surface area contributed by atoms with Gasteiger partial charge in [-0.1, -0.05) is 12.8 Å². The molecule has 7 rings (SSSR count). The first-order valence-corrected chi connectivity index (χ1v) is 16.1. The highest BCUT2D eigenvalue weighted by atomic mass is 19.4. The molecule has 3 saturated carbocycles. The van der Waals surface area contributed by atoms with Gasteiger partial charge < -0.3 is 10.1 Å². The van der Waals surface area contributed by atoms with E-state index in [0.717, 1.165) is 50.9 Å². The molecule has 11 heteroatoms. The van der Waals surface area contributed by atoms with Gasteiger partial charge in [0.25, 0.3) is 0 Å². The van der Waals surface area contributed by atoms with Gasteiger partial charge in [-0.15, -0.1) is 0 Å². The van der Waals surface area contributed by atoms with E-state index in [1.54, 1.807) is 0 Å². The van der Waals surface area contributed by atoms with Crippen LogP contribution in [0.15, 0.2) is 0 Å². The van der Waals surface area contributed by atoms with E-state index in [-0.39, 0.29) is 25.1 Å². The number of fused-ring (bicyclic) bond motifs is 1. The maximum absolute atomic E-state index is 13.3. The summed E-state index contributed by atoms with van der Waals surface area (Å²) >= 11 is 0. The van der Waals surface area contributed by atoms with E-state index in [4.69, 9.17) is 4.74 Å². The van der Waals surface area contributed by atoms with Gasteiger partial charge in [-0.2, -0.15) is 13.2 Å². The molecule has 0 aromatic carbocycles. The number of halogens is 3. The molecule has 7 aliphatic rings. The third kappa shape index (κ3) is 5.58. The minimum atomic E-state index is -4.17. The molecule has 0 aromatic rings. The van der Waals surface area contributed by atoms with Crippen LogP contribution >= 0.6 is 0 Å². The van der Waals surface area contributed by atoms with Crippen molar-refractivity contribution in [1.82, 2.24) is 36.4 Å². The van der Waals surface area contributed by atoms with Crippen molar-refractivity contribution in [1.29, 1.82) is 0 Å².